The van der Waals surface area contributed by atoms with E-state index in [1.807, 2.05) is 6.92 Å². The van der Waals surface area contributed by atoms with Crippen molar-refractivity contribution in [1.29, 1.82) is 0 Å². The predicted molar refractivity (Wildman–Crippen MR) is 64.4 cm³/mol. The van der Waals surface area contributed by atoms with Crippen molar-refractivity contribution >= 4 is 15.1 Å². The average Bonchev–Trinajstić information content (AvgIpc) is 2.17. The van der Waals surface area contributed by atoms with E-state index in [1.54, 1.807) is 12.3 Å². The second kappa shape index (κ2) is 4.49. The molecule has 0 aromatic heterocycles. The third-order valence-corrected chi connectivity index (χ3v) is 5.13. The lowest BCUT2D eigenvalue weighted by Crippen LogP contribution is -2.20. The maximum absolute atomic E-state index is 12.0. The monoisotopic (exact) mass is 215 g/mol. The van der Waals surface area contributed by atoms with Crippen LogP contribution in [0.2, 0.25) is 0 Å². The van der Waals surface area contributed by atoms with Gasteiger partial charge in [-0.3, -0.25) is 5.14 Å². The van der Waals surface area contributed by atoms with Crippen LogP contribution in [-0.4, -0.2) is 9.58 Å². The fourth-order valence-corrected chi connectivity index (χ4v) is 3.16. The number of nitrogens with two attached hydrogens (primary N) is 1. The van der Waals surface area contributed by atoms with Crippen molar-refractivity contribution in [2.75, 3.05) is 0 Å². The van der Waals surface area contributed by atoms with Gasteiger partial charge < -0.3 is 0 Å². The zero-order valence-corrected chi connectivity index (χ0v) is 10.2. The van der Waals surface area contributed by atoms with Gasteiger partial charge in [-0.2, -0.15) is 0 Å². The van der Waals surface area contributed by atoms with E-state index < -0.39 is 9.71 Å². The zero-order valence-electron chi connectivity index (χ0n) is 9.38. The molecule has 0 heterocycles. The molecule has 2 atom stereocenters. The van der Waals surface area contributed by atoms with Crippen molar-refractivity contribution in [3.8, 4) is 0 Å². The highest BCUT2D eigenvalue weighted by Gasteiger charge is 2.19. The summed E-state index contributed by atoms with van der Waals surface area (Å²) in [5.41, 5.74) is 1.34. The standard InChI is InChI=1S/C11H21NOS/c1-4-14(12,13)10(3)11-8-6-5-7-9(11)2/h4,9H,5-8H2,1-3H3,(H2,12,13). The van der Waals surface area contributed by atoms with Gasteiger partial charge >= 0.3 is 0 Å². The Labute approximate surface area is 87.7 Å². The molecule has 0 amide bonds. The first-order valence-electron chi connectivity index (χ1n) is 5.30. The summed E-state index contributed by atoms with van der Waals surface area (Å²) in [5, 5.41) is 7.40. The highest BCUT2D eigenvalue weighted by Crippen LogP contribution is 2.32. The van der Waals surface area contributed by atoms with E-state index in [0.717, 1.165) is 11.3 Å². The van der Waals surface area contributed by atoms with E-state index in [0.29, 0.717) is 5.92 Å². The van der Waals surface area contributed by atoms with Gasteiger partial charge in [0.1, 0.15) is 0 Å². The van der Waals surface area contributed by atoms with Gasteiger partial charge in [-0.1, -0.05) is 18.9 Å². The van der Waals surface area contributed by atoms with Crippen molar-refractivity contribution in [3.63, 3.8) is 0 Å². The Morgan fingerprint density at radius 1 is 1.57 bits per heavy atom. The van der Waals surface area contributed by atoms with Gasteiger partial charge in [0.2, 0.25) is 0 Å². The predicted octanol–water partition coefficient (Wildman–Crippen LogP) is 2.45. The first-order chi connectivity index (χ1) is 6.49. The molecule has 1 fully saturated rings. The molecular weight excluding hydrogens is 194 g/mol. The van der Waals surface area contributed by atoms with Crippen molar-refractivity contribution in [2.45, 2.75) is 46.5 Å². The molecule has 2 nitrogen and oxygen atoms in total. The highest BCUT2D eigenvalue weighted by molar-refractivity contribution is 8.02. The lowest BCUT2D eigenvalue weighted by molar-refractivity contribution is 0.481. The van der Waals surface area contributed by atoms with Crippen LogP contribution in [0.1, 0.15) is 46.5 Å². The minimum Gasteiger partial charge on any atom is -0.256 e. The van der Waals surface area contributed by atoms with Crippen LogP contribution in [0.25, 0.3) is 0 Å². The van der Waals surface area contributed by atoms with Crippen molar-refractivity contribution in [2.24, 2.45) is 11.1 Å². The summed E-state index contributed by atoms with van der Waals surface area (Å²) in [6.45, 7) is 5.92. The van der Waals surface area contributed by atoms with E-state index in [-0.39, 0.29) is 0 Å². The molecule has 0 saturated heterocycles. The Morgan fingerprint density at radius 3 is 2.71 bits per heavy atom. The van der Waals surface area contributed by atoms with Crippen LogP contribution in [0.5, 0.6) is 0 Å². The van der Waals surface area contributed by atoms with Crippen LogP contribution >= 0.6 is 0 Å². The molecule has 0 spiro atoms. The number of allylic oxidation sites excluding steroid dienone is 2. The van der Waals surface area contributed by atoms with Gasteiger partial charge in [0.05, 0.1) is 0 Å². The van der Waals surface area contributed by atoms with Crippen LogP contribution in [0, 0.1) is 5.92 Å². The van der Waals surface area contributed by atoms with Crippen LogP contribution in [0.3, 0.4) is 0 Å². The molecule has 0 aliphatic heterocycles. The molecule has 0 aromatic rings. The molecule has 2 unspecified atom stereocenters. The Balaban J connectivity index is 3.09. The lowest BCUT2D eigenvalue weighted by Gasteiger charge is -2.24. The molecule has 1 aliphatic rings. The van der Waals surface area contributed by atoms with Crippen LogP contribution < -0.4 is 5.14 Å². The van der Waals surface area contributed by atoms with Crippen LogP contribution in [-0.2, 0) is 9.71 Å². The molecule has 3 heteroatoms. The number of hydrogen-bond donors (Lipinski definition) is 1. The largest absolute Gasteiger partial charge is 0.256 e. The highest BCUT2D eigenvalue weighted by atomic mass is 32.2. The Hall–Kier alpha value is -0.280. The number of hydrogen-bond acceptors (Lipinski definition) is 1. The van der Waals surface area contributed by atoms with Gasteiger partial charge in [-0.25, -0.2) is 4.21 Å². The van der Waals surface area contributed by atoms with Gasteiger partial charge in [-0.15, -0.1) is 0 Å². The SMILES string of the molecule is CC=S(N)(=O)C(C)=C1CCCCC1C. The minimum atomic E-state index is -2.33. The van der Waals surface area contributed by atoms with E-state index in [1.165, 1.54) is 24.8 Å². The molecule has 0 radical (unpaired) electrons. The normalized spacial score (nSPS) is 30.7. The van der Waals surface area contributed by atoms with E-state index in [4.69, 9.17) is 5.14 Å². The maximum atomic E-state index is 12.0. The molecule has 0 bridgehead atoms. The second-order valence-corrected chi connectivity index (χ2v) is 6.49. The zero-order chi connectivity index (χ0) is 10.8. The minimum absolute atomic E-state index is 0.563. The fourth-order valence-electron chi connectivity index (χ4n) is 2.09. The summed E-state index contributed by atoms with van der Waals surface area (Å²) in [5.74, 6) is 0.563. The summed E-state index contributed by atoms with van der Waals surface area (Å²) < 4.78 is 12.0. The Morgan fingerprint density at radius 2 is 2.21 bits per heavy atom. The van der Waals surface area contributed by atoms with E-state index >= 15 is 0 Å². The van der Waals surface area contributed by atoms with Crippen LogP contribution in [0.4, 0.5) is 0 Å². The smallest absolute Gasteiger partial charge is 0.0493 e. The summed E-state index contributed by atoms with van der Waals surface area (Å²) >= 11 is 0. The molecule has 2 N–H and O–H groups in total. The Kier molecular flexibility index (Phi) is 3.78. The topological polar surface area (TPSA) is 43.1 Å². The van der Waals surface area contributed by atoms with Crippen LogP contribution in [0.15, 0.2) is 10.5 Å². The lowest BCUT2D eigenvalue weighted by atomic mass is 9.85. The van der Waals surface area contributed by atoms with E-state index in [2.05, 4.69) is 6.92 Å². The Bertz CT molecular complexity index is 348. The van der Waals surface area contributed by atoms with Gasteiger partial charge in [0.15, 0.2) is 0 Å². The van der Waals surface area contributed by atoms with Crippen molar-refractivity contribution in [1.82, 2.24) is 0 Å². The van der Waals surface area contributed by atoms with Gasteiger partial charge in [0, 0.05) is 14.6 Å². The molecule has 14 heavy (non-hydrogen) atoms. The van der Waals surface area contributed by atoms with Gasteiger partial charge in [0.25, 0.3) is 0 Å². The first kappa shape index (κ1) is 11.8. The molecule has 1 saturated carbocycles. The molecule has 1 aliphatic carbocycles. The first-order valence-corrected chi connectivity index (χ1v) is 6.98. The maximum Gasteiger partial charge on any atom is 0.0493 e. The molecule has 0 aromatic carbocycles. The summed E-state index contributed by atoms with van der Waals surface area (Å²) in [6.07, 6.45) is 4.80. The average molecular weight is 215 g/mol. The summed E-state index contributed by atoms with van der Waals surface area (Å²) in [7, 11) is -2.33. The third kappa shape index (κ3) is 2.39. The van der Waals surface area contributed by atoms with Crippen molar-refractivity contribution in [3.05, 3.63) is 10.5 Å². The quantitative estimate of drug-likeness (QED) is 0.671. The summed E-state index contributed by atoms with van der Waals surface area (Å²) in [6, 6.07) is 0. The molecule has 82 valence electrons. The second-order valence-electron chi connectivity index (χ2n) is 4.11. The van der Waals surface area contributed by atoms with Gasteiger partial charge in [-0.05, 0) is 44.4 Å². The number of rotatable bonds is 1. The molecule has 1 rings (SSSR count). The summed E-state index contributed by atoms with van der Waals surface area (Å²) in [4.78, 5) is 0.923. The van der Waals surface area contributed by atoms with E-state index in [9.17, 15) is 4.21 Å². The third-order valence-electron chi connectivity index (χ3n) is 3.21. The van der Waals surface area contributed by atoms with Crippen molar-refractivity contribution < 1.29 is 4.21 Å². The molecular formula is C11H21NOS. The fraction of sp³-hybridized carbons (Fsp3) is 0.727.